The molecule has 1 aliphatic rings. The predicted molar refractivity (Wildman–Crippen MR) is 57.3 cm³/mol. The SMILES string of the molecule is CCOC(CCN(C)C1CC1)OCC. The Hall–Kier alpha value is -0.120. The molecule has 1 aliphatic carbocycles. The van der Waals surface area contributed by atoms with Crippen LogP contribution in [0.2, 0.25) is 0 Å². The number of rotatable bonds is 8. The highest BCUT2D eigenvalue weighted by atomic mass is 16.7. The summed E-state index contributed by atoms with van der Waals surface area (Å²) >= 11 is 0. The highest BCUT2D eigenvalue weighted by Crippen LogP contribution is 2.25. The quantitative estimate of drug-likeness (QED) is 0.560. The highest BCUT2D eigenvalue weighted by molar-refractivity contribution is 4.82. The van der Waals surface area contributed by atoms with Gasteiger partial charge in [0.1, 0.15) is 0 Å². The molecular weight excluding hydrogens is 178 g/mol. The van der Waals surface area contributed by atoms with Gasteiger partial charge in [-0.15, -0.1) is 0 Å². The fraction of sp³-hybridized carbons (Fsp3) is 1.00. The molecule has 0 amide bonds. The third kappa shape index (κ3) is 4.40. The molecule has 0 unspecified atom stereocenters. The Morgan fingerprint density at radius 1 is 1.21 bits per heavy atom. The van der Waals surface area contributed by atoms with Crippen LogP contribution in [0.1, 0.15) is 33.1 Å². The van der Waals surface area contributed by atoms with Crippen molar-refractivity contribution in [3.05, 3.63) is 0 Å². The Morgan fingerprint density at radius 3 is 2.21 bits per heavy atom. The van der Waals surface area contributed by atoms with Crippen molar-refractivity contribution in [2.24, 2.45) is 0 Å². The summed E-state index contributed by atoms with van der Waals surface area (Å²) in [6, 6.07) is 0.832. The van der Waals surface area contributed by atoms with E-state index in [4.69, 9.17) is 9.47 Å². The molecule has 0 spiro atoms. The van der Waals surface area contributed by atoms with Gasteiger partial charge in [0.15, 0.2) is 6.29 Å². The van der Waals surface area contributed by atoms with Gasteiger partial charge < -0.3 is 14.4 Å². The second-order valence-corrected chi connectivity index (χ2v) is 3.84. The normalized spacial score (nSPS) is 16.9. The standard InChI is InChI=1S/C11H23NO2/c1-4-13-11(14-5-2)8-9-12(3)10-6-7-10/h10-11H,4-9H2,1-3H3. The van der Waals surface area contributed by atoms with E-state index in [9.17, 15) is 0 Å². The predicted octanol–water partition coefficient (Wildman–Crippen LogP) is 1.87. The van der Waals surface area contributed by atoms with Gasteiger partial charge in [-0.25, -0.2) is 0 Å². The Labute approximate surface area is 87.4 Å². The van der Waals surface area contributed by atoms with E-state index in [1.54, 1.807) is 0 Å². The molecule has 0 saturated heterocycles. The lowest BCUT2D eigenvalue weighted by molar-refractivity contribution is -0.141. The number of nitrogens with zero attached hydrogens (tertiary/aromatic N) is 1. The molecule has 0 atom stereocenters. The zero-order valence-corrected chi connectivity index (χ0v) is 9.66. The molecule has 1 saturated carbocycles. The fourth-order valence-electron chi connectivity index (χ4n) is 1.59. The minimum atomic E-state index is -0.00815. The first kappa shape index (κ1) is 12.0. The van der Waals surface area contributed by atoms with Crippen LogP contribution in [0, 0.1) is 0 Å². The van der Waals surface area contributed by atoms with Crippen molar-refractivity contribution in [2.75, 3.05) is 26.8 Å². The Morgan fingerprint density at radius 2 is 1.79 bits per heavy atom. The summed E-state index contributed by atoms with van der Waals surface area (Å²) in [6.45, 7) is 6.57. The highest BCUT2D eigenvalue weighted by Gasteiger charge is 2.26. The van der Waals surface area contributed by atoms with Gasteiger partial charge in [0.05, 0.1) is 0 Å². The molecule has 0 bridgehead atoms. The summed E-state index contributed by atoms with van der Waals surface area (Å²) in [7, 11) is 2.19. The van der Waals surface area contributed by atoms with Crippen molar-refractivity contribution in [3.63, 3.8) is 0 Å². The minimum Gasteiger partial charge on any atom is -0.353 e. The maximum atomic E-state index is 5.48. The first-order valence-electron chi connectivity index (χ1n) is 5.71. The van der Waals surface area contributed by atoms with Crippen molar-refractivity contribution in [1.82, 2.24) is 4.90 Å². The third-order valence-electron chi connectivity index (χ3n) is 2.59. The molecule has 0 heterocycles. The van der Waals surface area contributed by atoms with E-state index in [-0.39, 0.29) is 6.29 Å². The lowest BCUT2D eigenvalue weighted by Gasteiger charge is -2.21. The van der Waals surface area contributed by atoms with E-state index in [0.717, 1.165) is 32.2 Å². The summed E-state index contributed by atoms with van der Waals surface area (Å²) in [6.07, 6.45) is 3.70. The molecular formula is C11H23NO2. The molecule has 0 aromatic rings. The van der Waals surface area contributed by atoms with Crippen molar-refractivity contribution < 1.29 is 9.47 Å². The van der Waals surface area contributed by atoms with Crippen LogP contribution >= 0.6 is 0 Å². The second kappa shape index (κ2) is 6.38. The zero-order valence-electron chi connectivity index (χ0n) is 9.66. The molecule has 0 aromatic carbocycles. The van der Waals surface area contributed by atoms with Gasteiger partial charge in [0, 0.05) is 32.2 Å². The molecule has 1 fully saturated rings. The summed E-state index contributed by atoms with van der Waals surface area (Å²) in [4.78, 5) is 2.41. The molecule has 1 rings (SSSR count). The van der Waals surface area contributed by atoms with Crippen molar-refractivity contribution in [1.29, 1.82) is 0 Å². The Bertz CT molecular complexity index is 142. The maximum absolute atomic E-state index is 5.48. The van der Waals surface area contributed by atoms with Crippen LogP contribution in [0.5, 0.6) is 0 Å². The molecule has 14 heavy (non-hydrogen) atoms. The van der Waals surface area contributed by atoms with Gasteiger partial charge in [0.2, 0.25) is 0 Å². The largest absolute Gasteiger partial charge is 0.353 e. The Kier molecular flexibility index (Phi) is 5.45. The van der Waals surface area contributed by atoms with Crippen LogP contribution in [0.4, 0.5) is 0 Å². The molecule has 3 heteroatoms. The van der Waals surface area contributed by atoms with Gasteiger partial charge in [0.25, 0.3) is 0 Å². The lowest BCUT2D eigenvalue weighted by Crippen LogP contribution is -2.28. The maximum Gasteiger partial charge on any atom is 0.158 e. The molecule has 0 aliphatic heterocycles. The summed E-state index contributed by atoms with van der Waals surface area (Å²) in [5.74, 6) is 0. The van der Waals surface area contributed by atoms with Crippen LogP contribution in [0.25, 0.3) is 0 Å². The summed E-state index contributed by atoms with van der Waals surface area (Å²) < 4.78 is 11.0. The molecule has 84 valence electrons. The average Bonchev–Trinajstić information content (AvgIpc) is 2.97. The van der Waals surface area contributed by atoms with Gasteiger partial charge in [-0.05, 0) is 33.7 Å². The van der Waals surface area contributed by atoms with Gasteiger partial charge in [-0.2, -0.15) is 0 Å². The van der Waals surface area contributed by atoms with Gasteiger partial charge in [-0.3, -0.25) is 0 Å². The summed E-state index contributed by atoms with van der Waals surface area (Å²) in [5.41, 5.74) is 0. The average molecular weight is 201 g/mol. The number of hydrogen-bond donors (Lipinski definition) is 0. The van der Waals surface area contributed by atoms with Gasteiger partial charge in [-0.1, -0.05) is 0 Å². The van der Waals surface area contributed by atoms with Gasteiger partial charge >= 0.3 is 0 Å². The van der Waals surface area contributed by atoms with Crippen molar-refractivity contribution in [3.8, 4) is 0 Å². The van der Waals surface area contributed by atoms with E-state index < -0.39 is 0 Å². The Balaban J connectivity index is 2.10. The molecule has 0 radical (unpaired) electrons. The molecule has 3 nitrogen and oxygen atoms in total. The van der Waals surface area contributed by atoms with Crippen LogP contribution in [0.15, 0.2) is 0 Å². The van der Waals surface area contributed by atoms with Crippen molar-refractivity contribution >= 4 is 0 Å². The minimum absolute atomic E-state index is 0.00815. The van der Waals surface area contributed by atoms with Crippen molar-refractivity contribution in [2.45, 2.75) is 45.4 Å². The first-order valence-corrected chi connectivity index (χ1v) is 5.71. The van der Waals surface area contributed by atoms with Crippen LogP contribution in [-0.2, 0) is 9.47 Å². The lowest BCUT2D eigenvalue weighted by atomic mass is 10.3. The van der Waals surface area contributed by atoms with E-state index >= 15 is 0 Å². The molecule has 0 N–H and O–H groups in total. The first-order chi connectivity index (χ1) is 6.77. The monoisotopic (exact) mass is 201 g/mol. The molecule has 0 aromatic heterocycles. The van der Waals surface area contributed by atoms with E-state index in [1.807, 2.05) is 13.8 Å². The van der Waals surface area contributed by atoms with E-state index in [1.165, 1.54) is 12.8 Å². The van der Waals surface area contributed by atoms with E-state index in [0.29, 0.717) is 0 Å². The summed E-state index contributed by atoms with van der Waals surface area (Å²) in [5, 5.41) is 0. The van der Waals surface area contributed by atoms with E-state index in [2.05, 4.69) is 11.9 Å². The zero-order chi connectivity index (χ0) is 10.4. The van der Waals surface area contributed by atoms with Crippen LogP contribution in [-0.4, -0.2) is 44.0 Å². The number of hydrogen-bond acceptors (Lipinski definition) is 3. The number of ether oxygens (including phenoxy) is 2. The topological polar surface area (TPSA) is 21.7 Å². The smallest absolute Gasteiger partial charge is 0.158 e. The van der Waals surface area contributed by atoms with Crippen LogP contribution < -0.4 is 0 Å². The van der Waals surface area contributed by atoms with Crippen LogP contribution in [0.3, 0.4) is 0 Å². The third-order valence-corrected chi connectivity index (χ3v) is 2.59. The second-order valence-electron chi connectivity index (χ2n) is 3.84. The fourth-order valence-corrected chi connectivity index (χ4v) is 1.59.